The zero-order valence-electron chi connectivity index (χ0n) is 14.5. The lowest BCUT2D eigenvalue weighted by Crippen LogP contribution is -2.16. The Labute approximate surface area is 137 Å². The van der Waals surface area contributed by atoms with E-state index in [1.54, 1.807) is 6.92 Å². The van der Waals surface area contributed by atoms with Crippen LogP contribution in [0.5, 0.6) is 0 Å². The van der Waals surface area contributed by atoms with Crippen molar-refractivity contribution in [3.8, 4) is 0 Å². The van der Waals surface area contributed by atoms with Gasteiger partial charge in [-0.25, -0.2) is 0 Å². The Kier molecular flexibility index (Phi) is 13.2. The third-order valence-electron chi connectivity index (χ3n) is 4.30. The van der Waals surface area contributed by atoms with Gasteiger partial charge in [0.2, 0.25) is 0 Å². The topological polar surface area (TPSA) is 74.6 Å². The molecule has 0 aliphatic rings. The molecule has 0 spiro atoms. The number of aliphatic hydroxyl groups excluding tert-OH is 1. The van der Waals surface area contributed by atoms with E-state index in [0.717, 1.165) is 51.4 Å². The standard InChI is InChI=1S/C17H36O4S/c1-3-4-5-7-11-14-17(18)15-12-9-6-8-10-13-16(2)22(19,20)21/h16-18H,3-15H2,1-2H3,(H,19,20,21). The third kappa shape index (κ3) is 13.5. The van der Waals surface area contributed by atoms with Crippen molar-refractivity contribution in [1.29, 1.82) is 0 Å². The largest absolute Gasteiger partial charge is 0.393 e. The fourth-order valence-electron chi connectivity index (χ4n) is 2.62. The predicted octanol–water partition coefficient (Wildman–Crippen LogP) is 4.71. The van der Waals surface area contributed by atoms with Crippen molar-refractivity contribution in [2.45, 2.75) is 109 Å². The minimum absolute atomic E-state index is 0.152. The molecule has 2 N–H and O–H groups in total. The third-order valence-corrected chi connectivity index (χ3v) is 5.55. The summed E-state index contributed by atoms with van der Waals surface area (Å²) in [5, 5.41) is 9.23. The molecule has 0 aliphatic heterocycles. The maximum Gasteiger partial charge on any atom is 0.267 e. The smallest absolute Gasteiger partial charge is 0.267 e. The summed E-state index contributed by atoms with van der Waals surface area (Å²) >= 11 is 0. The Balaban J connectivity index is 3.35. The van der Waals surface area contributed by atoms with Crippen molar-refractivity contribution in [2.75, 3.05) is 0 Å². The molecule has 22 heavy (non-hydrogen) atoms. The van der Waals surface area contributed by atoms with Crippen LogP contribution in [0, 0.1) is 0 Å². The Morgan fingerprint density at radius 3 is 1.64 bits per heavy atom. The van der Waals surface area contributed by atoms with E-state index in [2.05, 4.69) is 6.92 Å². The molecule has 5 heteroatoms. The van der Waals surface area contributed by atoms with Crippen molar-refractivity contribution < 1.29 is 18.1 Å². The van der Waals surface area contributed by atoms with Crippen LogP contribution >= 0.6 is 0 Å². The summed E-state index contributed by atoms with van der Waals surface area (Å²) in [7, 11) is -3.86. The molecule has 2 unspecified atom stereocenters. The van der Waals surface area contributed by atoms with E-state index >= 15 is 0 Å². The molecule has 0 fully saturated rings. The number of rotatable bonds is 15. The highest BCUT2D eigenvalue weighted by molar-refractivity contribution is 7.86. The molecule has 0 aromatic rings. The molecule has 2 atom stereocenters. The second-order valence-corrected chi connectivity index (χ2v) is 8.36. The van der Waals surface area contributed by atoms with Gasteiger partial charge in [-0.3, -0.25) is 4.55 Å². The lowest BCUT2D eigenvalue weighted by molar-refractivity contribution is 0.147. The summed E-state index contributed by atoms with van der Waals surface area (Å²) in [6.45, 7) is 3.75. The molecule has 0 heterocycles. The van der Waals surface area contributed by atoms with Gasteiger partial charge < -0.3 is 5.11 Å². The Hall–Kier alpha value is -0.130. The first-order chi connectivity index (χ1) is 10.4. The van der Waals surface area contributed by atoms with Crippen molar-refractivity contribution in [3.63, 3.8) is 0 Å². The first kappa shape index (κ1) is 21.9. The minimum atomic E-state index is -3.86. The number of aliphatic hydroxyl groups is 1. The maximum atomic E-state index is 10.8. The summed E-state index contributed by atoms with van der Waals surface area (Å²) < 4.78 is 30.5. The highest BCUT2D eigenvalue weighted by Crippen LogP contribution is 2.15. The summed E-state index contributed by atoms with van der Waals surface area (Å²) in [5.74, 6) is 0. The highest BCUT2D eigenvalue weighted by Gasteiger charge is 2.15. The van der Waals surface area contributed by atoms with Crippen LogP contribution in [0.2, 0.25) is 0 Å². The maximum absolute atomic E-state index is 10.8. The molecule has 4 nitrogen and oxygen atoms in total. The minimum Gasteiger partial charge on any atom is -0.393 e. The summed E-state index contributed by atoms with van der Waals surface area (Å²) in [5.41, 5.74) is 0. The van der Waals surface area contributed by atoms with Crippen LogP contribution in [-0.2, 0) is 10.1 Å². The van der Waals surface area contributed by atoms with Gasteiger partial charge in [0.05, 0.1) is 11.4 Å². The molecule has 0 radical (unpaired) electrons. The quantitative estimate of drug-likeness (QED) is 0.335. The van der Waals surface area contributed by atoms with Crippen LogP contribution in [0.25, 0.3) is 0 Å². The van der Waals surface area contributed by atoms with Gasteiger partial charge in [-0.1, -0.05) is 71.1 Å². The number of hydrogen-bond acceptors (Lipinski definition) is 3. The molecule has 0 rings (SSSR count). The van der Waals surface area contributed by atoms with Gasteiger partial charge in [0, 0.05) is 0 Å². The van der Waals surface area contributed by atoms with Crippen molar-refractivity contribution >= 4 is 10.1 Å². The monoisotopic (exact) mass is 336 g/mol. The first-order valence-electron chi connectivity index (χ1n) is 9.02. The van der Waals surface area contributed by atoms with Gasteiger partial charge >= 0.3 is 0 Å². The molecule has 0 saturated heterocycles. The molecule has 0 amide bonds. The highest BCUT2D eigenvalue weighted by atomic mass is 32.2. The number of unbranched alkanes of at least 4 members (excludes halogenated alkanes) is 8. The van der Waals surface area contributed by atoms with Crippen molar-refractivity contribution in [2.24, 2.45) is 0 Å². The lowest BCUT2D eigenvalue weighted by Gasteiger charge is -2.10. The van der Waals surface area contributed by atoms with Gasteiger partial charge in [-0.15, -0.1) is 0 Å². The predicted molar refractivity (Wildman–Crippen MR) is 92.7 cm³/mol. The van der Waals surface area contributed by atoms with Gasteiger partial charge in [0.25, 0.3) is 10.1 Å². The van der Waals surface area contributed by atoms with E-state index in [1.165, 1.54) is 25.7 Å². The van der Waals surface area contributed by atoms with Crippen LogP contribution in [0.4, 0.5) is 0 Å². The normalized spacial score (nSPS) is 14.9. The molecular formula is C17H36O4S. The van der Waals surface area contributed by atoms with Crippen LogP contribution in [0.3, 0.4) is 0 Å². The Morgan fingerprint density at radius 2 is 1.18 bits per heavy atom. The second-order valence-electron chi connectivity index (χ2n) is 6.53. The molecular weight excluding hydrogens is 300 g/mol. The van der Waals surface area contributed by atoms with E-state index in [4.69, 9.17) is 4.55 Å². The summed E-state index contributed by atoms with van der Waals surface area (Å²) in [4.78, 5) is 0. The van der Waals surface area contributed by atoms with Gasteiger partial charge in [-0.05, 0) is 26.2 Å². The average molecular weight is 337 g/mol. The van der Waals surface area contributed by atoms with Crippen LogP contribution < -0.4 is 0 Å². The van der Waals surface area contributed by atoms with Gasteiger partial charge in [-0.2, -0.15) is 8.42 Å². The molecule has 134 valence electrons. The zero-order chi connectivity index (χ0) is 16.8. The van der Waals surface area contributed by atoms with Crippen molar-refractivity contribution in [1.82, 2.24) is 0 Å². The van der Waals surface area contributed by atoms with E-state index in [0.29, 0.717) is 6.42 Å². The Bertz CT molecular complexity index is 341. The zero-order valence-corrected chi connectivity index (χ0v) is 15.3. The molecule has 0 saturated carbocycles. The first-order valence-corrected chi connectivity index (χ1v) is 10.5. The average Bonchev–Trinajstić information content (AvgIpc) is 2.44. The van der Waals surface area contributed by atoms with Crippen LogP contribution in [0.15, 0.2) is 0 Å². The van der Waals surface area contributed by atoms with E-state index < -0.39 is 15.4 Å². The van der Waals surface area contributed by atoms with Gasteiger partial charge in [0.1, 0.15) is 0 Å². The van der Waals surface area contributed by atoms with Gasteiger partial charge in [0.15, 0.2) is 0 Å². The van der Waals surface area contributed by atoms with E-state index in [-0.39, 0.29) is 6.10 Å². The Morgan fingerprint density at radius 1 is 0.773 bits per heavy atom. The molecule has 0 aromatic heterocycles. The molecule has 0 aliphatic carbocycles. The SMILES string of the molecule is CCCCCCCC(O)CCCCCCCC(C)S(=O)(=O)O. The van der Waals surface area contributed by atoms with E-state index in [1.807, 2.05) is 0 Å². The van der Waals surface area contributed by atoms with Crippen molar-refractivity contribution in [3.05, 3.63) is 0 Å². The lowest BCUT2D eigenvalue weighted by atomic mass is 10.0. The molecule has 0 bridgehead atoms. The summed E-state index contributed by atoms with van der Waals surface area (Å²) in [6.07, 6.45) is 13.4. The fourth-order valence-corrected chi connectivity index (χ4v) is 3.08. The summed E-state index contributed by atoms with van der Waals surface area (Å²) in [6, 6.07) is 0. The number of hydrogen-bond donors (Lipinski definition) is 2. The van der Waals surface area contributed by atoms with Crippen LogP contribution in [0.1, 0.15) is 97.3 Å². The van der Waals surface area contributed by atoms with Crippen LogP contribution in [-0.4, -0.2) is 29.4 Å². The van der Waals surface area contributed by atoms with E-state index in [9.17, 15) is 13.5 Å². The molecule has 0 aromatic carbocycles. The fraction of sp³-hybridized carbons (Fsp3) is 1.00. The second kappa shape index (κ2) is 13.3.